The number of anilines is 1. The first-order valence-corrected chi connectivity index (χ1v) is 13.7. The van der Waals surface area contributed by atoms with E-state index >= 15 is 0 Å². The van der Waals surface area contributed by atoms with Gasteiger partial charge >= 0.3 is 0 Å². The molecule has 1 unspecified atom stereocenters. The predicted octanol–water partition coefficient (Wildman–Crippen LogP) is 5.08. The number of amides is 1. The van der Waals surface area contributed by atoms with Crippen molar-refractivity contribution >= 4 is 29.2 Å². The lowest BCUT2D eigenvalue weighted by atomic mass is 9.97. The molecule has 0 aromatic heterocycles. The Morgan fingerprint density at radius 3 is 2.54 bits per heavy atom. The molecule has 2 aromatic rings. The Bertz CT molecular complexity index is 1050. The van der Waals surface area contributed by atoms with Gasteiger partial charge in [0.1, 0.15) is 11.1 Å². The molecule has 0 bridgehead atoms. The van der Waals surface area contributed by atoms with E-state index in [1.807, 2.05) is 41.3 Å². The lowest BCUT2D eigenvalue weighted by molar-refractivity contribution is -0.118. The molecule has 6 nitrogen and oxygen atoms in total. The number of nitrogens with two attached hydrogens (primary N) is 1. The molecule has 4 N–H and O–H groups in total. The minimum absolute atomic E-state index is 0.00212. The smallest absolute Gasteiger partial charge is 0.245 e. The van der Waals surface area contributed by atoms with Crippen LogP contribution >= 0.6 is 11.8 Å². The fraction of sp³-hybridized carbons (Fsp3) is 0.500. The van der Waals surface area contributed by atoms with Gasteiger partial charge in [0.25, 0.3) is 0 Å². The number of benzene rings is 2. The second-order valence-electron chi connectivity index (χ2n) is 9.91. The van der Waals surface area contributed by atoms with Crippen LogP contribution < -0.4 is 10.6 Å². The highest BCUT2D eigenvalue weighted by Gasteiger charge is 2.34. The average Bonchev–Trinajstić information content (AvgIpc) is 2.86. The van der Waals surface area contributed by atoms with Gasteiger partial charge in [0.05, 0.1) is 12.3 Å². The molecule has 0 radical (unpaired) electrons. The number of amidine groups is 1. The van der Waals surface area contributed by atoms with E-state index in [2.05, 4.69) is 18.7 Å². The van der Waals surface area contributed by atoms with Crippen molar-refractivity contribution in [3.8, 4) is 0 Å². The molecule has 0 spiro atoms. The summed E-state index contributed by atoms with van der Waals surface area (Å²) in [4.78, 5) is 19.3. The molecule has 2 aliphatic rings. The first kappa shape index (κ1) is 25.7. The van der Waals surface area contributed by atoms with Crippen molar-refractivity contribution in [1.82, 2.24) is 4.90 Å². The molecule has 1 fully saturated rings. The third kappa shape index (κ3) is 5.90. The molecule has 0 aliphatic carbocycles. The van der Waals surface area contributed by atoms with Crippen LogP contribution in [0.25, 0.3) is 0 Å². The molecule has 1 amide bonds. The summed E-state index contributed by atoms with van der Waals surface area (Å²) in [6.07, 6.45) is 7.07. The van der Waals surface area contributed by atoms with Crippen molar-refractivity contribution in [2.24, 2.45) is 5.73 Å². The largest absolute Gasteiger partial charge is 0.392 e. The number of piperidine rings is 1. The second-order valence-corrected chi connectivity index (χ2v) is 11.1. The number of aliphatic hydroxyl groups excluding tert-OH is 1. The van der Waals surface area contributed by atoms with Gasteiger partial charge < -0.3 is 15.7 Å². The van der Waals surface area contributed by atoms with Crippen molar-refractivity contribution in [1.29, 1.82) is 5.41 Å². The topological polar surface area (TPSA) is 93.7 Å². The quantitative estimate of drug-likeness (QED) is 0.257. The summed E-state index contributed by atoms with van der Waals surface area (Å²) in [5, 5.41) is 17.1. The summed E-state index contributed by atoms with van der Waals surface area (Å²) >= 11 is 1.53. The van der Waals surface area contributed by atoms with Crippen molar-refractivity contribution in [2.45, 2.75) is 81.2 Å². The Kier molecular flexibility index (Phi) is 8.52. The minimum atomic E-state index is -0.378. The van der Waals surface area contributed by atoms with Gasteiger partial charge in [-0.2, -0.15) is 0 Å². The summed E-state index contributed by atoms with van der Waals surface area (Å²) < 4.78 is 0. The first-order chi connectivity index (χ1) is 16.9. The number of hydrogen-bond donors (Lipinski definition) is 3. The first-order valence-electron chi connectivity index (χ1n) is 12.8. The zero-order valence-corrected chi connectivity index (χ0v) is 21.7. The van der Waals surface area contributed by atoms with Gasteiger partial charge in [-0.25, -0.2) is 0 Å². The van der Waals surface area contributed by atoms with Crippen LogP contribution in [0.15, 0.2) is 47.4 Å². The van der Waals surface area contributed by atoms with E-state index < -0.39 is 0 Å². The fourth-order valence-corrected chi connectivity index (χ4v) is 6.58. The monoisotopic (exact) mass is 494 g/mol. The van der Waals surface area contributed by atoms with Crippen molar-refractivity contribution < 1.29 is 9.90 Å². The van der Waals surface area contributed by atoms with E-state index in [1.165, 1.54) is 31.0 Å². The highest BCUT2D eigenvalue weighted by molar-refractivity contribution is 8.00. The van der Waals surface area contributed by atoms with Gasteiger partial charge in [0.15, 0.2) is 0 Å². The van der Waals surface area contributed by atoms with Gasteiger partial charge in [-0.15, -0.1) is 11.8 Å². The van der Waals surface area contributed by atoms with Crippen LogP contribution in [-0.2, 0) is 11.4 Å². The number of fused-ring (bicyclic) bond motifs is 1. The molecule has 188 valence electrons. The molecule has 0 saturated carbocycles. The maximum Gasteiger partial charge on any atom is 0.245 e. The number of carbonyl (C=O) groups is 1. The Balaban J connectivity index is 1.47. The van der Waals surface area contributed by atoms with E-state index in [1.54, 1.807) is 6.07 Å². The van der Waals surface area contributed by atoms with Gasteiger partial charge in [-0.3, -0.25) is 15.1 Å². The predicted molar refractivity (Wildman–Crippen MR) is 144 cm³/mol. The van der Waals surface area contributed by atoms with Crippen LogP contribution in [0.3, 0.4) is 0 Å². The summed E-state index contributed by atoms with van der Waals surface area (Å²) in [5.41, 5.74) is 8.90. The van der Waals surface area contributed by atoms with Gasteiger partial charge in [-0.05, 0) is 75.4 Å². The van der Waals surface area contributed by atoms with Crippen LogP contribution in [0.5, 0.6) is 0 Å². The Morgan fingerprint density at radius 1 is 1.09 bits per heavy atom. The normalized spacial score (nSPS) is 22.8. The van der Waals surface area contributed by atoms with E-state index in [-0.39, 0.29) is 23.6 Å². The number of unbranched alkanes of at least 4 members (excludes halogenated alkanes) is 2. The number of aliphatic hydroxyl groups is 1. The van der Waals surface area contributed by atoms with Crippen LogP contribution in [0.1, 0.15) is 74.3 Å². The zero-order valence-electron chi connectivity index (χ0n) is 20.9. The molecule has 2 aromatic carbocycles. The number of likely N-dealkylation sites (tertiary alicyclic amines) is 1. The lowest BCUT2D eigenvalue weighted by Crippen LogP contribution is -2.44. The maximum absolute atomic E-state index is 13.7. The highest BCUT2D eigenvalue weighted by atomic mass is 32.2. The molecule has 3 atom stereocenters. The molecule has 35 heavy (non-hydrogen) atoms. The Hall–Kier alpha value is -2.35. The number of nitrogens with zero attached hydrogens (tertiary/aromatic N) is 2. The Morgan fingerprint density at radius 2 is 1.83 bits per heavy atom. The van der Waals surface area contributed by atoms with E-state index in [0.717, 1.165) is 47.5 Å². The molecule has 2 aliphatic heterocycles. The third-order valence-electron chi connectivity index (χ3n) is 7.41. The van der Waals surface area contributed by atoms with Crippen molar-refractivity contribution in [3.05, 3.63) is 59.2 Å². The average molecular weight is 495 g/mol. The van der Waals surface area contributed by atoms with E-state index in [9.17, 15) is 9.90 Å². The number of hydrogen-bond acceptors (Lipinski definition) is 5. The summed E-state index contributed by atoms with van der Waals surface area (Å²) in [5.74, 6) is 0.0545. The number of nitrogens with one attached hydrogen (secondary N) is 1. The van der Waals surface area contributed by atoms with Crippen molar-refractivity contribution in [2.75, 3.05) is 18.0 Å². The minimum Gasteiger partial charge on any atom is -0.392 e. The summed E-state index contributed by atoms with van der Waals surface area (Å²) in [6.45, 7) is 6.43. The molecule has 7 heteroatoms. The van der Waals surface area contributed by atoms with Crippen LogP contribution in [0.2, 0.25) is 0 Å². The molecular weight excluding hydrogens is 456 g/mol. The SMILES string of the molecule is C[C@@H]1CCC[C@H](C)N1CCCCCN1C(=O)C(c2cccc(C(=N)N)c2)Sc2ccc(CO)cc21. The second kappa shape index (κ2) is 11.6. The number of carbonyl (C=O) groups excluding carboxylic acids is 1. The molecular formula is C28H38N4O2S. The zero-order chi connectivity index (χ0) is 24.9. The van der Waals surface area contributed by atoms with Gasteiger partial charge in [-0.1, -0.05) is 37.1 Å². The number of thioether (sulfide) groups is 1. The van der Waals surface area contributed by atoms with Crippen LogP contribution in [0.4, 0.5) is 5.69 Å². The Labute approximate surface area is 213 Å². The van der Waals surface area contributed by atoms with Crippen LogP contribution in [0, 0.1) is 5.41 Å². The summed E-state index contributed by atoms with van der Waals surface area (Å²) in [6, 6.07) is 14.6. The molecule has 2 heterocycles. The number of nitrogen functional groups attached to an aromatic ring is 1. The summed E-state index contributed by atoms with van der Waals surface area (Å²) in [7, 11) is 0. The number of rotatable bonds is 9. The van der Waals surface area contributed by atoms with Crippen molar-refractivity contribution in [3.63, 3.8) is 0 Å². The maximum atomic E-state index is 13.7. The lowest BCUT2D eigenvalue weighted by Gasteiger charge is -2.39. The highest BCUT2D eigenvalue weighted by Crippen LogP contribution is 2.47. The standard InChI is InChI=1S/C28H38N4O2S/c1-19-8-6-9-20(2)31(19)14-4-3-5-15-32-24-16-21(18-33)12-13-25(24)35-26(28(32)34)22-10-7-11-23(17-22)27(29)30/h7,10-13,16-17,19-20,26,33H,3-6,8-9,14-15,18H2,1-2H3,(H3,29,30)/t19-,20+,26?. The molecule has 4 rings (SSSR count). The van der Waals surface area contributed by atoms with Gasteiger partial charge in [0.2, 0.25) is 5.91 Å². The van der Waals surface area contributed by atoms with Crippen LogP contribution in [-0.4, -0.2) is 46.9 Å². The fourth-order valence-electron chi connectivity index (χ4n) is 5.38. The third-order valence-corrected chi connectivity index (χ3v) is 8.72. The van der Waals surface area contributed by atoms with E-state index in [0.29, 0.717) is 24.2 Å². The van der Waals surface area contributed by atoms with Gasteiger partial charge in [0, 0.05) is 29.1 Å². The van der Waals surface area contributed by atoms with E-state index in [4.69, 9.17) is 11.1 Å². The molecule has 1 saturated heterocycles.